The van der Waals surface area contributed by atoms with E-state index in [-0.39, 0.29) is 17.7 Å². The van der Waals surface area contributed by atoms with Gasteiger partial charge in [0.1, 0.15) is 5.69 Å². The molecule has 0 saturated carbocycles. The Labute approximate surface area is 112 Å². The summed E-state index contributed by atoms with van der Waals surface area (Å²) in [5.74, 6) is -0.0822. The van der Waals surface area contributed by atoms with Gasteiger partial charge in [0.15, 0.2) is 0 Å². The van der Waals surface area contributed by atoms with Crippen molar-refractivity contribution in [2.45, 2.75) is 20.3 Å². The van der Waals surface area contributed by atoms with E-state index in [4.69, 9.17) is 0 Å². The van der Waals surface area contributed by atoms with Crippen LogP contribution >= 0.6 is 0 Å². The molecule has 0 aliphatic carbocycles. The Hall–Kier alpha value is -1.85. The summed E-state index contributed by atoms with van der Waals surface area (Å²) in [6.45, 7) is 5.48. The summed E-state index contributed by atoms with van der Waals surface area (Å²) in [4.78, 5) is 30.0. The van der Waals surface area contributed by atoms with Crippen molar-refractivity contribution in [3.63, 3.8) is 0 Å². The fourth-order valence-corrected chi connectivity index (χ4v) is 2.48. The van der Waals surface area contributed by atoms with Gasteiger partial charge in [-0.05, 0) is 20.3 Å². The Morgan fingerprint density at radius 1 is 1.53 bits per heavy atom. The van der Waals surface area contributed by atoms with Crippen molar-refractivity contribution < 1.29 is 9.59 Å². The maximum Gasteiger partial charge on any atom is 0.272 e. The third-order valence-electron chi connectivity index (χ3n) is 3.52. The first-order valence-electron chi connectivity index (χ1n) is 6.59. The normalized spacial score (nSPS) is 18.7. The molecular weight excluding hydrogens is 244 g/mol. The lowest BCUT2D eigenvalue weighted by Crippen LogP contribution is -2.35. The third-order valence-corrected chi connectivity index (χ3v) is 3.52. The number of aromatic nitrogens is 2. The number of carbonyl (C=O) groups excluding carboxylic acids is 2. The Morgan fingerprint density at radius 2 is 2.26 bits per heavy atom. The zero-order valence-electron chi connectivity index (χ0n) is 11.6. The minimum absolute atomic E-state index is 0.0377. The molecule has 0 radical (unpaired) electrons. The molecule has 19 heavy (non-hydrogen) atoms. The van der Waals surface area contributed by atoms with Crippen molar-refractivity contribution in [2.24, 2.45) is 13.0 Å². The Morgan fingerprint density at radius 3 is 2.84 bits per heavy atom. The van der Waals surface area contributed by atoms with E-state index < -0.39 is 0 Å². The smallest absolute Gasteiger partial charge is 0.272 e. The van der Waals surface area contributed by atoms with Crippen LogP contribution in [-0.2, 0) is 11.8 Å². The molecule has 1 aromatic heterocycles. The van der Waals surface area contributed by atoms with Crippen LogP contribution in [0.2, 0.25) is 0 Å². The van der Waals surface area contributed by atoms with Gasteiger partial charge in [0.05, 0.1) is 17.9 Å². The highest BCUT2D eigenvalue weighted by Gasteiger charge is 2.32. The fourth-order valence-electron chi connectivity index (χ4n) is 2.48. The molecule has 0 bridgehead atoms. The molecule has 1 fully saturated rings. The number of hydrogen-bond acceptors (Lipinski definition) is 3. The van der Waals surface area contributed by atoms with Crippen molar-refractivity contribution in [1.82, 2.24) is 19.8 Å². The van der Waals surface area contributed by atoms with Gasteiger partial charge < -0.3 is 14.8 Å². The number of likely N-dealkylation sites (tertiary alicyclic amines) is 1. The van der Waals surface area contributed by atoms with Gasteiger partial charge in [0.25, 0.3) is 5.91 Å². The molecule has 1 aliphatic rings. The summed E-state index contributed by atoms with van der Waals surface area (Å²) in [5, 5.41) is 2.81. The van der Waals surface area contributed by atoms with Crippen LogP contribution in [0, 0.1) is 12.8 Å². The van der Waals surface area contributed by atoms with Crippen molar-refractivity contribution in [1.29, 1.82) is 0 Å². The lowest BCUT2D eigenvalue weighted by atomic mass is 10.1. The predicted molar refractivity (Wildman–Crippen MR) is 70.6 cm³/mol. The van der Waals surface area contributed by atoms with E-state index in [0.29, 0.717) is 25.3 Å². The average molecular weight is 264 g/mol. The number of nitrogens with zero attached hydrogens (tertiary/aromatic N) is 3. The highest BCUT2D eigenvalue weighted by Crippen LogP contribution is 2.19. The van der Waals surface area contributed by atoms with Gasteiger partial charge in [-0.2, -0.15) is 0 Å². The summed E-state index contributed by atoms with van der Waals surface area (Å²) < 4.78 is 1.73. The Bertz CT molecular complexity index is 475. The summed E-state index contributed by atoms with van der Waals surface area (Å²) in [5.41, 5.74) is 1.34. The number of amides is 2. The second kappa shape index (κ2) is 5.42. The molecule has 1 aromatic rings. The molecule has 1 aliphatic heterocycles. The quantitative estimate of drug-likeness (QED) is 0.855. The molecule has 1 saturated heterocycles. The lowest BCUT2D eigenvalue weighted by Gasteiger charge is -2.17. The van der Waals surface area contributed by atoms with Gasteiger partial charge in [-0.25, -0.2) is 4.98 Å². The molecule has 0 aromatic carbocycles. The first-order chi connectivity index (χ1) is 9.04. The molecule has 2 rings (SSSR count). The van der Waals surface area contributed by atoms with E-state index in [1.165, 1.54) is 0 Å². The molecule has 0 unspecified atom stereocenters. The van der Waals surface area contributed by atoms with Crippen LogP contribution in [0.3, 0.4) is 0 Å². The second-order valence-corrected chi connectivity index (χ2v) is 4.92. The van der Waals surface area contributed by atoms with Gasteiger partial charge in [0, 0.05) is 26.7 Å². The van der Waals surface area contributed by atoms with Crippen LogP contribution in [0.15, 0.2) is 6.33 Å². The highest BCUT2D eigenvalue weighted by molar-refractivity contribution is 5.94. The summed E-state index contributed by atoms with van der Waals surface area (Å²) in [6, 6.07) is 0. The minimum Gasteiger partial charge on any atom is -0.356 e. The standard InChI is InChI=1S/C13H20N4O2/c1-4-14-12(18)10-5-6-17(7-10)13(19)11-9(2)15-8-16(11)3/h8,10H,4-7H2,1-3H3,(H,14,18)/t10-/m0/s1. The number of nitrogens with one attached hydrogen (secondary N) is 1. The summed E-state index contributed by atoms with van der Waals surface area (Å²) >= 11 is 0. The van der Waals surface area contributed by atoms with Crippen LogP contribution in [0.25, 0.3) is 0 Å². The summed E-state index contributed by atoms with van der Waals surface area (Å²) in [6.07, 6.45) is 2.37. The Kier molecular flexibility index (Phi) is 3.87. The molecule has 1 N–H and O–H groups in total. The van der Waals surface area contributed by atoms with Crippen LogP contribution < -0.4 is 5.32 Å². The Balaban J connectivity index is 2.05. The molecule has 6 heteroatoms. The van der Waals surface area contributed by atoms with Crippen molar-refractivity contribution in [3.8, 4) is 0 Å². The molecule has 2 heterocycles. The number of rotatable bonds is 3. The van der Waals surface area contributed by atoms with Gasteiger partial charge in [-0.3, -0.25) is 9.59 Å². The van der Waals surface area contributed by atoms with Gasteiger partial charge in [-0.1, -0.05) is 0 Å². The van der Waals surface area contributed by atoms with E-state index in [1.54, 1.807) is 15.8 Å². The SMILES string of the molecule is CCNC(=O)[C@H]1CCN(C(=O)c2c(C)ncn2C)C1. The van der Waals surface area contributed by atoms with Crippen molar-refractivity contribution in [2.75, 3.05) is 19.6 Å². The van der Waals surface area contributed by atoms with Crippen LogP contribution in [0.5, 0.6) is 0 Å². The largest absolute Gasteiger partial charge is 0.356 e. The maximum absolute atomic E-state index is 12.4. The van der Waals surface area contributed by atoms with E-state index in [0.717, 1.165) is 12.1 Å². The van der Waals surface area contributed by atoms with Crippen LogP contribution in [0.1, 0.15) is 29.5 Å². The molecule has 6 nitrogen and oxygen atoms in total. The topological polar surface area (TPSA) is 67.2 Å². The monoisotopic (exact) mass is 264 g/mol. The molecule has 2 amide bonds. The highest BCUT2D eigenvalue weighted by atomic mass is 16.2. The minimum atomic E-state index is -0.0857. The van der Waals surface area contributed by atoms with Crippen molar-refractivity contribution >= 4 is 11.8 Å². The van der Waals surface area contributed by atoms with E-state index in [9.17, 15) is 9.59 Å². The van der Waals surface area contributed by atoms with E-state index >= 15 is 0 Å². The fraction of sp³-hybridized carbons (Fsp3) is 0.615. The maximum atomic E-state index is 12.4. The van der Waals surface area contributed by atoms with Crippen molar-refractivity contribution in [3.05, 3.63) is 17.7 Å². The van der Waals surface area contributed by atoms with Gasteiger partial charge in [-0.15, -0.1) is 0 Å². The van der Waals surface area contributed by atoms with E-state index in [1.807, 2.05) is 20.9 Å². The molecule has 0 spiro atoms. The van der Waals surface area contributed by atoms with Gasteiger partial charge >= 0.3 is 0 Å². The first-order valence-corrected chi connectivity index (χ1v) is 6.59. The third kappa shape index (κ3) is 2.62. The average Bonchev–Trinajstić information content (AvgIpc) is 2.97. The second-order valence-electron chi connectivity index (χ2n) is 4.92. The zero-order valence-corrected chi connectivity index (χ0v) is 11.6. The van der Waals surface area contributed by atoms with Crippen LogP contribution in [0.4, 0.5) is 0 Å². The molecular formula is C13H20N4O2. The first kappa shape index (κ1) is 13.6. The predicted octanol–water partition coefficient (Wildman–Crippen LogP) is 0.327. The number of aryl methyl sites for hydroxylation is 2. The lowest BCUT2D eigenvalue weighted by molar-refractivity contribution is -0.124. The van der Waals surface area contributed by atoms with Crippen LogP contribution in [-0.4, -0.2) is 45.9 Å². The molecule has 1 atom stereocenters. The van der Waals surface area contributed by atoms with Gasteiger partial charge in [0.2, 0.25) is 5.91 Å². The summed E-state index contributed by atoms with van der Waals surface area (Å²) in [7, 11) is 1.81. The van der Waals surface area contributed by atoms with E-state index in [2.05, 4.69) is 10.3 Å². The number of hydrogen-bond donors (Lipinski definition) is 1. The number of imidazole rings is 1. The number of carbonyl (C=O) groups is 2. The molecule has 104 valence electrons. The zero-order chi connectivity index (χ0) is 14.0.